The molecule has 0 radical (unpaired) electrons. The molecule has 3 aromatic rings. The molecule has 23 heavy (non-hydrogen) atoms. The molecule has 0 aliphatic rings. The molecule has 0 unspecified atom stereocenters. The Kier molecular flexibility index (Phi) is 3.50. The molecule has 2 heterocycles. The van der Waals surface area contributed by atoms with E-state index in [0.717, 1.165) is 5.56 Å². The Morgan fingerprint density at radius 2 is 1.87 bits per heavy atom. The molecule has 0 bridgehead atoms. The zero-order valence-corrected chi connectivity index (χ0v) is 13.9. The second-order valence-corrected chi connectivity index (χ2v) is 6.77. The van der Waals surface area contributed by atoms with Gasteiger partial charge in [0.05, 0.1) is 22.2 Å². The summed E-state index contributed by atoms with van der Waals surface area (Å²) < 4.78 is 1.84. The Hall–Kier alpha value is -2.58. The van der Waals surface area contributed by atoms with Crippen molar-refractivity contribution >= 4 is 28.3 Å². The average molecular weight is 326 g/mol. The number of aromatic nitrogens is 3. The van der Waals surface area contributed by atoms with E-state index >= 15 is 0 Å². The highest BCUT2D eigenvalue weighted by atomic mass is 35.5. The summed E-state index contributed by atoms with van der Waals surface area (Å²) in [5.74, 6) is 0. The summed E-state index contributed by atoms with van der Waals surface area (Å²) in [6, 6.07) is 9.45. The molecule has 0 saturated heterocycles. The average Bonchev–Trinajstić information content (AvgIpc) is 2.89. The minimum atomic E-state index is -0.267. The van der Waals surface area contributed by atoms with Gasteiger partial charge in [-0.3, -0.25) is 0 Å². The van der Waals surface area contributed by atoms with Crippen molar-refractivity contribution in [2.45, 2.75) is 26.3 Å². The van der Waals surface area contributed by atoms with Crippen LogP contribution in [0.2, 0.25) is 5.02 Å². The molecule has 5 nitrogen and oxygen atoms in total. The van der Waals surface area contributed by atoms with Gasteiger partial charge in [-0.2, -0.15) is 10.4 Å². The van der Waals surface area contributed by atoms with Crippen LogP contribution in [0, 0.1) is 11.3 Å². The monoisotopic (exact) mass is 325 g/mol. The van der Waals surface area contributed by atoms with Crippen LogP contribution in [0.1, 0.15) is 26.3 Å². The first-order chi connectivity index (χ1) is 10.8. The zero-order valence-electron chi connectivity index (χ0n) is 13.1. The highest BCUT2D eigenvalue weighted by Gasteiger charge is 2.24. The molecule has 0 spiro atoms. The number of anilines is 1. The maximum Gasteiger partial charge on any atom is 0.161 e. The van der Waals surface area contributed by atoms with Crippen molar-refractivity contribution < 1.29 is 0 Å². The molecule has 0 atom stereocenters. The Labute approximate surface area is 139 Å². The van der Waals surface area contributed by atoms with Gasteiger partial charge in [0, 0.05) is 16.8 Å². The summed E-state index contributed by atoms with van der Waals surface area (Å²) in [7, 11) is 0. The van der Waals surface area contributed by atoms with Crippen LogP contribution >= 0.6 is 11.6 Å². The van der Waals surface area contributed by atoms with Gasteiger partial charge < -0.3 is 5.73 Å². The lowest BCUT2D eigenvalue weighted by molar-refractivity contribution is 0.367. The summed E-state index contributed by atoms with van der Waals surface area (Å²) in [6.45, 7) is 6.13. The van der Waals surface area contributed by atoms with Crippen molar-refractivity contribution in [3.63, 3.8) is 0 Å². The zero-order chi connectivity index (χ0) is 16.8. The smallest absolute Gasteiger partial charge is 0.161 e. The van der Waals surface area contributed by atoms with Gasteiger partial charge in [0.2, 0.25) is 0 Å². The highest BCUT2D eigenvalue weighted by molar-refractivity contribution is 6.30. The summed E-state index contributed by atoms with van der Waals surface area (Å²) in [5, 5.41) is 15.3. The molecule has 2 aromatic heterocycles. The third-order valence-corrected chi connectivity index (χ3v) is 3.86. The molecule has 6 heteroatoms. The van der Waals surface area contributed by atoms with Gasteiger partial charge in [-0.1, -0.05) is 23.7 Å². The second-order valence-electron chi connectivity index (χ2n) is 6.33. The molecule has 1 aromatic carbocycles. The van der Waals surface area contributed by atoms with Crippen molar-refractivity contribution in [2.75, 3.05) is 5.73 Å². The molecule has 2 N–H and O–H groups in total. The minimum Gasteiger partial charge on any atom is -0.397 e. The summed E-state index contributed by atoms with van der Waals surface area (Å²) in [4.78, 5) is 4.41. The van der Waals surface area contributed by atoms with Gasteiger partial charge in [-0.05, 0) is 32.9 Å². The van der Waals surface area contributed by atoms with Gasteiger partial charge in [-0.25, -0.2) is 9.67 Å². The SMILES string of the molecule is CC(C)(C)n1nc(-c2ccc(Cl)cc2)c2c(N)c(C#N)cnc21. The number of halogens is 1. The number of nitrogen functional groups attached to an aromatic ring is 1. The third kappa shape index (κ3) is 2.51. The number of benzene rings is 1. The number of pyridine rings is 1. The largest absolute Gasteiger partial charge is 0.397 e. The molecule has 0 saturated carbocycles. The standard InChI is InChI=1S/C17H16ClN5/c1-17(2,3)23-16-13(14(20)11(8-19)9-21-16)15(22-23)10-4-6-12(18)7-5-10/h4-7,9H,1-3H3,(H2,20,21). The number of nitriles is 1. The number of nitrogens with zero attached hydrogens (tertiary/aromatic N) is 4. The number of hydrogen-bond acceptors (Lipinski definition) is 4. The first kappa shape index (κ1) is 15.3. The van der Waals surface area contributed by atoms with Crippen LogP contribution in [-0.4, -0.2) is 14.8 Å². The van der Waals surface area contributed by atoms with E-state index in [0.29, 0.717) is 33.0 Å². The van der Waals surface area contributed by atoms with E-state index in [1.165, 1.54) is 6.20 Å². The van der Waals surface area contributed by atoms with Gasteiger partial charge in [0.25, 0.3) is 0 Å². The molecule has 0 aliphatic carbocycles. The summed E-state index contributed by atoms with van der Waals surface area (Å²) in [5.41, 5.74) is 8.94. The fourth-order valence-electron chi connectivity index (χ4n) is 2.47. The van der Waals surface area contributed by atoms with E-state index in [-0.39, 0.29) is 5.54 Å². The van der Waals surface area contributed by atoms with E-state index in [1.54, 1.807) is 12.1 Å². The number of rotatable bonds is 1. The predicted molar refractivity (Wildman–Crippen MR) is 92.1 cm³/mol. The first-order valence-electron chi connectivity index (χ1n) is 7.16. The van der Waals surface area contributed by atoms with Crippen LogP contribution in [0.3, 0.4) is 0 Å². The topological polar surface area (TPSA) is 80.5 Å². The van der Waals surface area contributed by atoms with E-state index < -0.39 is 0 Å². The van der Waals surface area contributed by atoms with E-state index in [9.17, 15) is 5.26 Å². The lowest BCUT2D eigenvalue weighted by Gasteiger charge is -2.19. The van der Waals surface area contributed by atoms with E-state index in [4.69, 9.17) is 22.4 Å². The molecule has 0 aliphatic heterocycles. The van der Waals surface area contributed by atoms with Crippen molar-refractivity contribution in [1.29, 1.82) is 5.26 Å². The first-order valence-corrected chi connectivity index (χ1v) is 7.54. The Morgan fingerprint density at radius 1 is 1.22 bits per heavy atom. The predicted octanol–water partition coefficient (Wildman–Crippen LogP) is 3.96. The van der Waals surface area contributed by atoms with Crippen molar-refractivity contribution in [3.05, 3.63) is 41.0 Å². The van der Waals surface area contributed by atoms with Crippen LogP contribution < -0.4 is 5.73 Å². The Bertz CT molecular complexity index is 927. The van der Waals surface area contributed by atoms with Crippen LogP contribution in [0.25, 0.3) is 22.3 Å². The fourth-order valence-corrected chi connectivity index (χ4v) is 2.60. The molecule has 3 rings (SSSR count). The number of nitrogens with two attached hydrogens (primary N) is 1. The minimum absolute atomic E-state index is 0.267. The van der Waals surface area contributed by atoms with Crippen molar-refractivity contribution in [1.82, 2.24) is 14.8 Å². The van der Waals surface area contributed by atoms with Gasteiger partial charge in [0.15, 0.2) is 5.65 Å². The third-order valence-electron chi connectivity index (χ3n) is 3.61. The van der Waals surface area contributed by atoms with Crippen molar-refractivity contribution in [3.8, 4) is 17.3 Å². The fraction of sp³-hybridized carbons (Fsp3) is 0.235. The van der Waals surface area contributed by atoms with Gasteiger partial charge in [0.1, 0.15) is 11.8 Å². The number of fused-ring (bicyclic) bond motifs is 1. The summed E-state index contributed by atoms with van der Waals surface area (Å²) >= 11 is 5.97. The van der Waals surface area contributed by atoms with Gasteiger partial charge in [-0.15, -0.1) is 0 Å². The Balaban J connectivity index is 2.41. The molecular formula is C17H16ClN5. The van der Waals surface area contributed by atoms with Crippen molar-refractivity contribution in [2.24, 2.45) is 0 Å². The molecule has 116 valence electrons. The molecular weight excluding hydrogens is 310 g/mol. The lowest BCUT2D eigenvalue weighted by atomic mass is 10.1. The van der Waals surface area contributed by atoms with E-state index in [1.807, 2.05) is 37.6 Å². The second kappa shape index (κ2) is 5.25. The van der Waals surface area contributed by atoms with Crippen LogP contribution in [-0.2, 0) is 5.54 Å². The summed E-state index contributed by atoms with van der Waals surface area (Å²) in [6.07, 6.45) is 1.49. The van der Waals surface area contributed by atoms with Crippen LogP contribution in [0.15, 0.2) is 30.5 Å². The van der Waals surface area contributed by atoms with Crippen LogP contribution in [0.5, 0.6) is 0 Å². The van der Waals surface area contributed by atoms with Crippen LogP contribution in [0.4, 0.5) is 5.69 Å². The normalized spacial score (nSPS) is 11.6. The Morgan fingerprint density at radius 3 is 2.43 bits per heavy atom. The number of hydrogen-bond donors (Lipinski definition) is 1. The maximum absolute atomic E-state index is 9.23. The molecule has 0 amide bonds. The molecule has 0 fully saturated rings. The van der Waals surface area contributed by atoms with E-state index in [2.05, 4.69) is 11.1 Å². The lowest BCUT2D eigenvalue weighted by Crippen LogP contribution is -2.23. The quantitative estimate of drug-likeness (QED) is 0.734. The van der Waals surface area contributed by atoms with Gasteiger partial charge >= 0.3 is 0 Å². The maximum atomic E-state index is 9.23. The highest BCUT2D eigenvalue weighted by Crippen LogP contribution is 2.35.